The number of carbonyl (C=O) groups excluding carboxylic acids is 1. The van der Waals surface area contributed by atoms with Crippen LogP contribution < -0.4 is 10.6 Å². The molecule has 40 heavy (non-hydrogen) atoms. The number of urea groups is 1. The van der Waals surface area contributed by atoms with Crippen LogP contribution in [0.3, 0.4) is 0 Å². The molecule has 0 radical (unpaired) electrons. The molecular weight excluding hydrogens is 503 g/mol. The third-order valence-corrected chi connectivity index (χ3v) is 13.4. The fraction of sp³-hybridized carbons (Fsp3) is 0.794. The lowest BCUT2D eigenvalue weighted by Gasteiger charge is -2.61. The molecule has 0 bridgehead atoms. The van der Waals surface area contributed by atoms with Crippen LogP contribution in [-0.2, 0) is 9.47 Å². The number of nitrogens with one attached hydrogen (secondary N) is 2. The van der Waals surface area contributed by atoms with Crippen molar-refractivity contribution >= 4 is 11.7 Å². The van der Waals surface area contributed by atoms with Crippen molar-refractivity contribution in [3.05, 3.63) is 30.1 Å². The van der Waals surface area contributed by atoms with Gasteiger partial charge < -0.3 is 20.1 Å². The summed E-state index contributed by atoms with van der Waals surface area (Å²) in [6, 6.07) is 6.00. The molecule has 5 nitrogen and oxygen atoms in total. The predicted octanol–water partition coefficient (Wildman–Crippen LogP) is 7.76. The minimum atomic E-state index is -0.329. The lowest BCUT2D eigenvalue weighted by atomic mass is 9.44. The molecule has 12 atom stereocenters. The second kappa shape index (κ2) is 9.69. The summed E-state index contributed by atoms with van der Waals surface area (Å²) < 4.78 is 26.7. The van der Waals surface area contributed by atoms with Crippen LogP contribution in [0.25, 0.3) is 0 Å². The second-order valence-electron chi connectivity index (χ2n) is 15.3. The van der Waals surface area contributed by atoms with Crippen LogP contribution in [0, 0.1) is 58.1 Å². The molecule has 2 N–H and O–H groups in total. The van der Waals surface area contributed by atoms with E-state index in [-0.39, 0.29) is 23.7 Å². The van der Waals surface area contributed by atoms with E-state index in [9.17, 15) is 9.18 Å². The molecule has 0 unspecified atom stereocenters. The summed E-state index contributed by atoms with van der Waals surface area (Å²) in [4.78, 5) is 12.7. The molecule has 220 valence electrons. The molecule has 1 spiro atoms. The van der Waals surface area contributed by atoms with Gasteiger partial charge in [0.2, 0.25) is 0 Å². The number of hydrogen-bond donors (Lipinski definition) is 2. The smallest absolute Gasteiger partial charge is 0.319 e. The summed E-state index contributed by atoms with van der Waals surface area (Å²) in [6.07, 6.45) is 12.4. The molecule has 2 aliphatic heterocycles. The SMILES string of the molecule is C[C@H]1CC[C@@]2(OC1)O[C@H]1C[C@H]3[C@@H]4CC[C@@H]5C[C@H](NC(=O)Nc6ccc(F)cc6)CC[C@]5(C)[C@H]4CC[C@]3(C)[C@H]1[C@@H]2C. The molecule has 6 heteroatoms. The Morgan fingerprint density at radius 1 is 0.925 bits per heavy atom. The minimum absolute atomic E-state index is 0.178. The Morgan fingerprint density at radius 3 is 2.45 bits per heavy atom. The van der Waals surface area contributed by atoms with E-state index in [1.54, 1.807) is 12.1 Å². The number of benzene rings is 1. The number of rotatable bonds is 2. The first-order chi connectivity index (χ1) is 19.1. The number of amides is 2. The molecule has 6 fully saturated rings. The first-order valence-corrected chi connectivity index (χ1v) is 16.3. The number of hydrogen-bond acceptors (Lipinski definition) is 3. The maximum absolute atomic E-state index is 13.2. The summed E-state index contributed by atoms with van der Waals surface area (Å²) in [5.74, 6) is 4.14. The second-order valence-corrected chi connectivity index (χ2v) is 15.3. The normalized spacial score (nSPS) is 49.5. The molecule has 4 saturated carbocycles. The number of ether oxygens (including phenoxy) is 2. The molecular formula is C34H49FN2O3. The van der Waals surface area contributed by atoms with Crippen LogP contribution >= 0.6 is 0 Å². The Morgan fingerprint density at radius 2 is 1.70 bits per heavy atom. The van der Waals surface area contributed by atoms with E-state index in [0.717, 1.165) is 43.6 Å². The highest BCUT2D eigenvalue weighted by Gasteiger charge is 2.69. The van der Waals surface area contributed by atoms with E-state index in [4.69, 9.17) is 9.47 Å². The van der Waals surface area contributed by atoms with Gasteiger partial charge in [-0.3, -0.25) is 0 Å². The largest absolute Gasteiger partial charge is 0.349 e. The van der Waals surface area contributed by atoms with Crippen LogP contribution in [0.1, 0.15) is 91.9 Å². The Labute approximate surface area is 239 Å². The average Bonchev–Trinajstić information content (AvgIpc) is 3.37. The van der Waals surface area contributed by atoms with E-state index < -0.39 is 0 Å². The van der Waals surface area contributed by atoms with Crippen molar-refractivity contribution in [3.63, 3.8) is 0 Å². The first-order valence-electron chi connectivity index (χ1n) is 16.3. The van der Waals surface area contributed by atoms with Crippen molar-refractivity contribution in [2.24, 2.45) is 52.3 Å². The predicted molar refractivity (Wildman–Crippen MR) is 154 cm³/mol. The Balaban J connectivity index is 1.01. The summed E-state index contributed by atoms with van der Waals surface area (Å²) >= 11 is 0. The van der Waals surface area contributed by atoms with Crippen molar-refractivity contribution < 1.29 is 18.7 Å². The molecule has 1 aromatic rings. The third-order valence-electron chi connectivity index (χ3n) is 13.4. The zero-order valence-electron chi connectivity index (χ0n) is 24.9. The Bertz CT molecular complexity index is 1120. The van der Waals surface area contributed by atoms with Gasteiger partial charge in [-0.2, -0.15) is 0 Å². The van der Waals surface area contributed by atoms with Crippen molar-refractivity contribution in [1.29, 1.82) is 0 Å². The van der Waals surface area contributed by atoms with Crippen LogP contribution in [0.5, 0.6) is 0 Å². The van der Waals surface area contributed by atoms with Gasteiger partial charge in [-0.05, 0) is 128 Å². The molecule has 4 aliphatic carbocycles. The highest BCUT2D eigenvalue weighted by molar-refractivity contribution is 5.89. The van der Waals surface area contributed by atoms with Gasteiger partial charge in [-0.15, -0.1) is 0 Å². The Hall–Kier alpha value is -1.66. The van der Waals surface area contributed by atoms with Crippen LogP contribution in [0.2, 0.25) is 0 Å². The topological polar surface area (TPSA) is 59.6 Å². The van der Waals surface area contributed by atoms with Crippen LogP contribution in [0.15, 0.2) is 24.3 Å². The minimum Gasteiger partial charge on any atom is -0.349 e. The summed E-state index contributed by atoms with van der Waals surface area (Å²) in [7, 11) is 0. The van der Waals surface area contributed by atoms with Gasteiger partial charge in [0.1, 0.15) is 5.82 Å². The standard InChI is InChI=1S/C34H49FN2O3/c1-20-11-16-34(39-19-20)21(2)30-29(40-34)18-28-26-10-5-22-17-25(37-31(38)36-24-8-6-23(35)7-9-24)12-14-32(22,3)27(26)13-15-33(28,30)4/h6-9,20-22,25-30H,5,10-19H2,1-4H3,(H2,36,37,38)/t20-,21-,22+,25+,26+,27-,28-,29-,30-,32-,33-,34+/m0/s1. The quantitative estimate of drug-likeness (QED) is 0.394. The summed E-state index contributed by atoms with van der Waals surface area (Å²) in [5.41, 5.74) is 1.35. The van der Waals surface area contributed by atoms with Crippen molar-refractivity contribution in [3.8, 4) is 0 Å². The monoisotopic (exact) mass is 552 g/mol. The molecule has 1 aromatic carbocycles. The van der Waals surface area contributed by atoms with Crippen molar-refractivity contribution in [2.75, 3.05) is 11.9 Å². The maximum Gasteiger partial charge on any atom is 0.319 e. The van der Waals surface area contributed by atoms with Gasteiger partial charge in [0, 0.05) is 24.1 Å². The Kier molecular flexibility index (Phi) is 6.59. The fourth-order valence-corrected chi connectivity index (χ4v) is 11.3. The van der Waals surface area contributed by atoms with Crippen LogP contribution in [-0.4, -0.2) is 30.6 Å². The maximum atomic E-state index is 13.2. The van der Waals surface area contributed by atoms with Gasteiger partial charge in [-0.25, -0.2) is 9.18 Å². The lowest BCUT2D eigenvalue weighted by Crippen LogP contribution is -2.56. The first kappa shape index (κ1) is 27.2. The molecule has 2 amide bonds. The zero-order chi connectivity index (χ0) is 27.9. The molecule has 6 aliphatic rings. The highest BCUT2D eigenvalue weighted by Crippen LogP contribution is 2.71. The summed E-state index contributed by atoms with van der Waals surface area (Å²) in [5, 5.41) is 6.12. The van der Waals surface area contributed by atoms with Crippen molar-refractivity contribution in [2.45, 2.75) is 110 Å². The van der Waals surface area contributed by atoms with Crippen molar-refractivity contribution in [1.82, 2.24) is 5.32 Å². The molecule has 2 saturated heterocycles. The average molecular weight is 553 g/mol. The lowest BCUT2D eigenvalue weighted by molar-refractivity contribution is -0.273. The van der Waals surface area contributed by atoms with E-state index in [0.29, 0.717) is 46.3 Å². The van der Waals surface area contributed by atoms with Gasteiger partial charge in [0.15, 0.2) is 5.79 Å². The molecule has 2 heterocycles. The van der Waals surface area contributed by atoms with E-state index in [1.165, 1.54) is 57.1 Å². The van der Waals surface area contributed by atoms with E-state index in [1.807, 2.05) is 0 Å². The zero-order valence-corrected chi connectivity index (χ0v) is 24.9. The fourth-order valence-electron chi connectivity index (χ4n) is 11.3. The van der Waals surface area contributed by atoms with E-state index in [2.05, 4.69) is 38.3 Å². The highest BCUT2D eigenvalue weighted by atomic mass is 19.1. The number of carbonyl (C=O) groups is 1. The summed E-state index contributed by atoms with van der Waals surface area (Å²) in [6.45, 7) is 10.8. The van der Waals surface area contributed by atoms with Crippen LogP contribution in [0.4, 0.5) is 14.9 Å². The van der Waals surface area contributed by atoms with E-state index >= 15 is 0 Å². The van der Waals surface area contributed by atoms with Gasteiger partial charge in [0.05, 0.1) is 12.7 Å². The molecule has 7 rings (SSSR count). The molecule has 0 aromatic heterocycles. The van der Waals surface area contributed by atoms with Gasteiger partial charge in [0.25, 0.3) is 0 Å². The number of anilines is 1. The number of fused-ring (bicyclic) bond motifs is 7. The number of halogens is 1. The third kappa shape index (κ3) is 4.17. The van der Waals surface area contributed by atoms with Gasteiger partial charge >= 0.3 is 6.03 Å². The van der Waals surface area contributed by atoms with Gasteiger partial charge in [-0.1, -0.05) is 27.7 Å².